The number of alkyl halides is 3. The average molecular weight is 462 g/mol. The van der Waals surface area contributed by atoms with E-state index in [1.165, 1.54) is 12.1 Å². The minimum Gasteiger partial charge on any atom is -0.350 e. The summed E-state index contributed by atoms with van der Waals surface area (Å²) in [5.74, 6) is -0.190. The second-order valence-electron chi connectivity index (χ2n) is 8.19. The highest BCUT2D eigenvalue weighted by atomic mass is 19.4. The Balaban J connectivity index is 1.54. The Hall–Kier alpha value is -4.07. The quantitative estimate of drug-likeness (QED) is 0.362. The van der Waals surface area contributed by atoms with Crippen LogP contribution in [0.2, 0.25) is 0 Å². The van der Waals surface area contributed by atoms with Crippen molar-refractivity contribution in [2.45, 2.75) is 19.6 Å². The van der Waals surface area contributed by atoms with Crippen LogP contribution in [-0.2, 0) is 12.7 Å². The fourth-order valence-electron chi connectivity index (χ4n) is 4.18. The molecule has 0 aliphatic carbocycles. The molecule has 0 atom stereocenters. The normalized spacial score (nSPS) is 11.9. The molecule has 0 bridgehead atoms. The van der Waals surface area contributed by atoms with Crippen molar-refractivity contribution in [2.75, 3.05) is 6.54 Å². The number of hydrogen-bond acceptors (Lipinski definition) is 2. The van der Waals surface area contributed by atoms with Gasteiger partial charge in [-0.3, -0.25) is 4.79 Å². The second kappa shape index (κ2) is 8.37. The Labute approximate surface area is 193 Å². The third-order valence-electron chi connectivity index (χ3n) is 5.85. The number of aromatic nitrogens is 3. The summed E-state index contributed by atoms with van der Waals surface area (Å²) in [4.78, 5) is 16.8. The molecular weight excluding hydrogens is 441 g/mol. The summed E-state index contributed by atoms with van der Waals surface area (Å²) in [6.45, 7) is 3.05. The molecular formula is C26H21F3N4O. The standard InChI is InChI=1S/C26H21F3N4O/c1-17-2-8-23-21(14-17)22-15-18(25(34)31-11-13-32-12-10-30-16-32)3-9-24(22)33(23)20-6-4-19(5-7-20)26(27,28)29/h2-10,12,14-16H,11,13H2,1H3,(H,31,34). The number of benzene rings is 3. The number of amides is 1. The van der Waals surface area contributed by atoms with E-state index in [2.05, 4.69) is 10.3 Å². The van der Waals surface area contributed by atoms with Crippen LogP contribution in [0.25, 0.3) is 27.5 Å². The van der Waals surface area contributed by atoms with Crippen LogP contribution in [0.15, 0.2) is 79.4 Å². The van der Waals surface area contributed by atoms with Crippen molar-refractivity contribution >= 4 is 27.7 Å². The van der Waals surface area contributed by atoms with Gasteiger partial charge in [0.2, 0.25) is 0 Å². The average Bonchev–Trinajstić information content (AvgIpc) is 3.44. The van der Waals surface area contributed by atoms with Gasteiger partial charge in [0.1, 0.15) is 0 Å². The molecule has 0 aliphatic rings. The minimum absolute atomic E-state index is 0.190. The topological polar surface area (TPSA) is 51.9 Å². The molecule has 2 heterocycles. The van der Waals surface area contributed by atoms with Crippen LogP contribution >= 0.6 is 0 Å². The highest BCUT2D eigenvalue weighted by molar-refractivity contribution is 6.11. The number of carbonyl (C=O) groups excluding carboxylic acids is 1. The minimum atomic E-state index is -4.39. The number of halogens is 3. The number of hydrogen-bond donors (Lipinski definition) is 1. The monoisotopic (exact) mass is 462 g/mol. The fraction of sp³-hybridized carbons (Fsp3) is 0.154. The van der Waals surface area contributed by atoms with Crippen LogP contribution in [0, 0.1) is 6.92 Å². The largest absolute Gasteiger partial charge is 0.416 e. The number of nitrogens with one attached hydrogen (secondary N) is 1. The maximum absolute atomic E-state index is 13.1. The Morgan fingerprint density at radius 3 is 2.35 bits per heavy atom. The maximum atomic E-state index is 13.1. The number of fused-ring (bicyclic) bond motifs is 3. The first-order valence-electron chi connectivity index (χ1n) is 10.8. The third-order valence-corrected chi connectivity index (χ3v) is 5.85. The summed E-state index contributed by atoms with van der Waals surface area (Å²) in [5.41, 5.74) is 3.17. The van der Waals surface area contributed by atoms with E-state index in [0.29, 0.717) is 24.3 Å². The van der Waals surface area contributed by atoms with Gasteiger partial charge >= 0.3 is 6.18 Å². The molecule has 5 aromatic rings. The lowest BCUT2D eigenvalue weighted by Gasteiger charge is -2.11. The highest BCUT2D eigenvalue weighted by Gasteiger charge is 2.30. The zero-order valence-electron chi connectivity index (χ0n) is 18.3. The predicted molar refractivity (Wildman–Crippen MR) is 125 cm³/mol. The summed E-state index contributed by atoms with van der Waals surface area (Å²) in [6.07, 6.45) is 0.814. The van der Waals surface area contributed by atoms with Crippen molar-refractivity contribution in [1.29, 1.82) is 0 Å². The smallest absolute Gasteiger partial charge is 0.350 e. The second-order valence-corrected chi connectivity index (χ2v) is 8.19. The zero-order valence-corrected chi connectivity index (χ0v) is 18.3. The summed E-state index contributed by atoms with van der Waals surface area (Å²) in [7, 11) is 0. The van der Waals surface area contributed by atoms with E-state index < -0.39 is 11.7 Å². The van der Waals surface area contributed by atoms with E-state index in [1.54, 1.807) is 18.6 Å². The third kappa shape index (κ3) is 4.03. The maximum Gasteiger partial charge on any atom is 0.416 e. The fourth-order valence-corrected chi connectivity index (χ4v) is 4.18. The molecule has 8 heteroatoms. The molecule has 172 valence electrons. The molecule has 3 aromatic carbocycles. The van der Waals surface area contributed by atoms with Crippen molar-refractivity contribution < 1.29 is 18.0 Å². The van der Waals surface area contributed by atoms with Crippen LogP contribution in [0.3, 0.4) is 0 Å². The van der Waals surface area contributed by atoms with Gasteiger partial charge in [-0.2, -0.15) is 13.2 Å². The van der Waals surface area contributed by atoms with Crippen molar-refractivity contribution in [2.24, 2.45) is 0 Å². The molecule has 5 rings (SSSR count). The van der Waals surface area contributed by atoms with Gasteiger partial charge in [0.25, 0.3) is 5.91 Å². The molecule has 0 aliphatic heterocycles. The summed E-state index contributed by atoms with van der Waals surface area (Å²) >= 11 is 0. The van der Waals surface area contributed by atoms with Gasteiger partial charge in [-0.1, -0.05) is 11.6 Å². The van der Waals surface area contributed by atoms with Gasteiger partial charge in [0, 0.05) is 47.5 Å². The molecule has 5 nitrogen and oxygen atoms in total. The molecule has 1 N–H and O–H groups in total. The molecule has 0 spiro atoms. The van der Waals surface area contributed by atoms with Gasteiger partial charge < -0.3 is 14.5 Å². The van der Waals surface area contributed by atoms with E-state index in [4.69, 9.17) is 0 Å². The van der Waals surface area contributed by atoms with Gasteiger partial charge in [-0.05, 0) is 61.5 Å². The van der Waals surface area contributed by atoms with Gasteiger partial charge in [-0.25, -0.2) is 4.98 Å². The van der Waals surface area contributed by atoms with E-state index >= 15 is 0 Å². The lowest BCUT2D eigenvalue weighted by Crippen LogP contribution is -2.26. The first-order valence-corrected chi connectivity index (χ1v) is 10.8. The lowest BCUT2D eigenvalue weighted by molar-refractivity contribution is -0.137. The van der Waals surface area contributed by atoms with E-state index in [-0.39, 0.29) is 5.91 Å². The van der Waals surface area contributed by atoms with E-state index in [9.17, 15) is 18.0 Å². The molecule has 1 amide bonds. The number of rotatable bonds is 5. The van der Waals surface area contributed by atoms with Crippen molar-refractivity contribution in [3.05, 3.63) is 96.1 Å². The molecule has 2 aromatic heterocycles. The van der Waals surface area contributed by atoms with Crippen LogP contribution < -0.4 is 5.32 Å². The van der Waals surface area contributed by atoms with Crippen molar-refractivity contribution in [3.8, 4) is 5.69 Å². The van der Waals surface area contributed by atoms with Crippen molar-refractivity contribution in [1.82, 2.24) is 19.4 Å². The summed E-state index contributed by atoms with van der Waals surface area (Å²) in [6, 6.07) is 16.5. The number of aryl methyl sites for hydroxylation is 1. The Bertz CT molecular complexity index is 1480. The Morgan fingerprint density at radius 1 is 0.971 bits per heavy atom. The van der Waals surface area contributed by atoms with Crippen LogP contribution in [-0.4, -0.2) is 26.6 Å². The molecule has 0 unspecified atom stereocenters. The highest BCUT2D eigenvalue weighted by Crippen LogP contribution is 2.35. The molecule has 34 heavy (non-hydrogen) atoms. The summed E-state index contributed by atoms with van der Waals surface area (Å²) in [5, 5.41) is 4.71. The number of carbonyl (C=O) groups is 1. The SMILES string of the molecule is Cc1ccc2c(c1)c1cc(C(=O)NCCn3ccnc3)ccc1n2-c1ccc(C(F)(F)F)cc1. The van der Waals surface area contributed by atoms with Gasteiger partial charge in [0.15, 0.2) is 0 Å². The summed E-state index contributed by atoms with van der Waals surface area (Å²) < 4.78 is 43.0. The lowest BCUT2D eigenvalue weighted by atomic mass is 10.1. The number of nitrogens with zero attached hydrogens (tertiary/aromatic N) is 3. The van der Waals surface area contributed by atoms with Crippen molar-refractivity contribution in [3.63, 3.8) is 0 Å². The van der Waals surface area contributed by atoms with Crippen LogP contribution in [0.1, 0.15) is 21.5 Å². The Morgan fingerprint density at radius 2 is 1.68 bits per heavy atom. The van der Waals surface area contributed by atoms with Crippen LogP contribution in [0.5, 0.6) is 0 Å². The molecule has 0 radical (unpaired) electrons. The van der Waals surface area contributed by atoms with Gasteiger partial charge in [-0.15, -0.1) is 0 Å². The first kappa shape index (κ1) is 21.8. The number of imidazole rings is 1. The van der Waals surface area contributed by atoms with E-state index in [1.807, 2.05) is 52.6 Å². The molecule has 0 fully saturated rings. The van der Waals surface area contributed by atoms with E-state index in [0.717, 1.165) is 39.5 Å². The predicted octanol–water partition coefficient (Wildman–Crippen LogP) is 5.74. The molecule has 0 saturated carbocycles. The first-order chi connectivity index (χ1) is 16.3. The zero-order chi connectivity index (χ0) is 23.9. The molecule has 0 saturated heterocycles. The Kier molecular flexibility index (Phi) is 5.36. The van der Waals surface area contributed by atoms with Gasteiger partial charge in [0.05, 0.1) is 22.9 Å². The van der Waals surface area contributed by atoms with Crippen LogP contribution in [0.4, 0.5) is 13.2 Å².